The van der Waals surface area contributed by atoms with Crippen molar-refractivity contribution in [3.63, 3.8) is 0 Å². The summed E-state index contributed by atoms with van der Waals surface area (Å²) in [6.07, 6.45) is 7.24. The van der Waals surface area contributed by atoms with Crippen LogP contribution in [0.4, 0.5) is 0 Å². The molecule has 0 atom stereocenters. The first-order valence-electron chi connectivity index (χ1n) is 10.3. The lowest BCUT2D eigenvalue weighted by Crippen LogP contribution is -2.45. The number of hydrogen-bond donors (Lipinski definition) is 1. The Morgan fingerprint density at radius 3 is 2.79 bits per heavy atom. The van der Waals surface area contributed by atoms with Crippen LogP contribution in [0.15, 0.2) is 18.2 Å². The van der Waals surface area contributed by atoms with Gasteiger partial charge in [0, 0.05) is 25.1 Å². The van der Waals surface area contributed by atoms with Crippen LogP contribution in [0.5, 0.6) is 17.2 Å². The van der Waals surface area contributed by atoms with Gasteiger partial charge in [0.2, 0.25) is 18.6 Å². The molecule has 3 aliphatic rings. The van der Waals surface area contributed by atoms with Gasteiger partial charge in [0.25, 0.3) is 0 Å². The Balaban J connectivity index is 1.20. The van der Waals surface area contributed by atoms with Crippen molar-refractivity contribution in [1.82, 2.24) is 10.2 Å². The lowest BCUT2D eigenvalue weighted by atomic mass is 9.93. The van der Waals surface area contributed by atoms with Gasteiger partial charge in [-0.1, -0.05) is 6.42 Å². The van der Waals surface area contributed by atoms with E-state index in [1.54, 1.807) is 4.90 Å². The molecule has 28 heavy (non-hydrogen) atoms. The molecule has 0 unspecified atom stereocenters. The van der Waals surface area contributed by atoms with E-state index >= 15 is 0 Å². The second-order valence-corrected chi connectivity index (χ2v) is 7.80. The van der Waals surface area contributed by atoms with Crippen LogP contribution >= 0.6 is 0 Å². The molecule has 1 saturated heterocycles. The van der Waals surface area contributed by atoms with Crippen LogP contribution in [-0.2, 0) is 9.59 Å². The smallest absolute Gasteiger partial charge is 0.239 e. The highest BCUT2D eigenvalue weighted by molar-refractivity contribution is 5.85. The molecular weight excluding hydrogens is 360 g/mol. The average molecular weight is 388 g/mol. The minimum atomic E-state index is -0.0459. The van der Waals surface area contributed by atoms with Gasteiger partial charge in [0.1, 0.15) is 5.75 Å². The number of rotatable bonds is 5. The van der Waals surface area contributed by atoms with E-state index in [9.17, 15) is 9.59 Å². The van der Waals surface area contributed by atoms with Crippen molar-refractivity contribution >= 4 is 11.8 Å². The van der Waals surface area contributed by atoms with Crippen LogP contribution in [0, 0.1) is 0 Å². The summed E-state index contributed by atoms with van der Waals surface area (Å²) in [7, 11) is 0. The zero-order valence-corrected chi connectivity index (χ0v) is 16.2. The molecule has 152 valence electrons. The fourth-order valence-corrected chi connectivity index (χ4v) is 4.12. The summed E-state index contributed by atoms with van der Waals surface area (Å²) in [5, 5.41) is 3.10. The molecule has 0 bridgehead atoms. The van der Waals surface area contributed by atoms with Crippen LogP contribution in [0.25, 0.3) is 0 Å². The third-order valence-corrected chi connectivity index (χ3v) is 5.69. The number of ether oxygens (including phenoxy) is 3. The van der Waals surface area contributed by atoms with Crippen molar-refractivity contribution in [2.75, 3.05) is 19.9 Å². The second kappa shape index (κ2) is 8.71. The van der Waals surface area contributed by atoms with Crippen molar-refractivity contribution in [3.8, 4) is 17.2 Å². The van der Waals surface area contributed by atoms with Crippen LogP contribution < -0.4 is 19.5 Å². The molecule has 1 aliphatic carbocycles. The third-order valence-electron chi connectivity index (χ3n) is 5.69. The topological polar surface area (TPSA) is 77.1 Å². The van der Waals surface area contributed by atoms with E-state index in [4.69, 9.17) is 14.2 Å². The van der Waals surface area contributed by atoms with Crippen LogP contribution in [-0.4, -0.2) is 48.7 Å². The highest BCUT2D eigenvalue weighted by Gasteiger charge is 2.26. The zero-order chi connectivity index (χ0) is 19.3. The molecule has 2 fully saturated rings. The van der Waals surface area contributed by atoms with E-state index in [1.807, 2.05) is 18.2 Å². The van der Waals surface area contributed by atoms with Crippen molar-refractivity contribution < 1.29 is 23.8 Å². The maximum atomic E-state index is 12.4. The van der Waals surface area contributed by atoms with Gasteiger partial charge in [-0.3, -0.25) is 9.59 Å². The van der Waals surface area contributed by atoms with Crippen molar-refractivity contribution in [2.45, 2.75) is 63.5 Å². The lowest BCUT2D eigenvalue weighted by molar-refractivity contribution is -0.135. The van der Waals surface area contributed by atoms with Crippen LogP contribution in [0.3, 0.4) is 0 Å². The van der Waals surface area contributed by atoms with Gasteiger partial charge in [0.15, 0.2) is 11.5 Å². The number of hydrogen-bond acceptors (Lipinski definition) is 5. The van der Waals surface area contributed by atoms with E-state index in [1.165, 1.54) is 0 Å². The monoisotopic (exact) mass is 388 g/mol. The number of nitrogens with one attached hydrogen (secondary N) is 1. The second-order valence-electron chi connectivity index (χ2n) is 7.80. The molecule has 7 heteroatoms. The van der Waals surface area contributed by atoms with Gasteiger partial charge in [-0.05, 0) is 50.7 Å². The number of benzene rings is 1. The molecule has 0 radical (unpaired) electrons. The lowest BCUT2D eigenvalue weighted by Gasteiger charge is -2.30. The van der Waals surface area contributed by atoms with Crippen molar-refractivity contribution in [2.24, 2.45) is 0 Å². The molecule has 2 heterocycles. The number of fused-ring (bicyclic) bond motifs is 1. The normalized spacial score (nSPS) is 24.6. The number of carbonyl (C=O) groups is 2. The highest BCUT2D eigenvalue weighted by atomic mass is 16.7. The largest absolute Gasteiger partial charge is 0.490 e. The molecule has 1 saturated carbocycles. The average Bonchev–Trinajstić information content (AvgIpc) is 3.07. The molecule has 0 aromatic heterocycles. The summed E-state index contributed by atoms with van der Waals surface area (Å²) < 4.78 is 16.8. The molecule has 1 N–H and O–H groups in total. The van der Waals surface area contributed by atoms with Gasteiger partial charge in [-0.2, -0.15) is 0 Å². The molecule has 2 aliphatic heterocycles. The van der Waals surface area contributed by atoms with E-state index in [2.05, 4.69) is 5.32 Å². The third kappa shape index (κ3) is 4.69. The Labute approximate surface area is 165 Å². The first-order chi connectivity index (χ1) is 13.7. The van der Waals surface area contributed by atoms with Gasteiger partial charge in [-0.15, -0.1) is 0 Å². The predicted molar refractivity (Wildman–Crippen MR) is 102 cm³/mol. The molecule has 7 nitrogen and oxygen atoms in total. The van der Waals surface area contributed by atoms with Gasteiger partial charge >= 0.3 is 0 Å². The quantitative estimate of drug-likeness (QED) is 0.839. The Morgan fingerprint density at radius 2 is 1.93 bits per heavy atom. The van der Waals surface area contributed by atoms with Gasteiger partial charge in [0.05, 0.1) is 12.6 Å². The zero-order valence-electron chi connectivity index (χ0n) is 16.2. The minimum Gasteiger partial charge on any atom is -0.490 e. The number of amides is 2. The highest BCUT2D eigenvalue weighted by Crippen LogP contribution is 2.36. The maximum absolute atomic E-state index is 12.4. The summed E-state index contributed by atoms with van der Waals surface area (Å²) in [6.45, 7) is 1.14. The van der Waals surface area contributed by atoms with Crippen LogP contribution in [0.2, 0.25) is 0 Å². The molecule has 1 aromatic carbocycles. The summed E-state index contributed by atoms with van der Waals surface area (Å²) in [4.78, 5) is 26.1. The van der Waals surface area contributed by atoms with Gasteiger partial charge in [-0.25, -0.2) is 0 Å². The summed E-state index contributed by atoms with van der Waals surface area (Å²) >= 11 is 0. The van der Waals surface area contributed by atoms with E-state index < -0.39 is 0 Å². The summed E-state index contributed by atoms with van der Waals surface area (Å²) in [5.74, 6) is 2.32. The standard InChI is InChI=1S/C21H28N2O5/c24-20(13-23-11-3-1-2-4-21(23)25)22-15-5-7-16(8-6-15)28-17-9-10-18-19(12-17)27-14-26-18/h9-10,12,15-16H,1-8,11,13-14H2,(H,22,24). The molecule has 2 amide bonds. The first kappa shape index (κ1) is 18.9. The maximum Gasteiger partial charge on any atom is 0.239 e. The Bertz CT molecular complexity index is 715. The Hall–Kier alpha value is -2.44. The Morgan fingerprint density at radius 1 is 1.11 bits per heavy atom. The SMILES string of the molecule is O=C(CN1CCCCCC1=O)NC1CCC(Oc2ccc3c(c2)OCO3)CC1. The van der Waals surface area contributed by atoms with Crippen LogP contribution in [0.1, 0.15) is 51.4 Å². The molecule has 4 rings (SSSR count). The van der Waals surface area contributed by atoms with E-state index in [-0.39, 0.29) is 37.3 Å². The molecule has 0 spiro atoms. The fraction of sp³-hybridized carbons (Fsp3) is 0.619. The summed E-state index contributed by atoms with van der Waals surface area (Å²) in [6, 6.07) is 5.80. The number of likely N-dealkylation sites (tertiary alicyclic amines) is 1. The predicted octanol–water partition coefficient (Wildman–Crippen LogP) is 2.62. The van der Waals surface area contributed by atoms with Gasteiger partial charge < -0.3 is 24.4 Å². The minimum absolute atomic E-state index is 0.0459. The summed E-state index contributed by atoms with van der Waals surface area (Å²) in [5.41, 5.74) is 0. The van der Waals surface area contributed by atoms with Crippen molar-refractivity contribution in [3.05, 3.63) is 18.2 Å². The molecule has 1 aromatic rings. The fourth-order valence-electron chi connectivity index (χ4n) is 4.12. The van der Waals surface area contributed by atoms with Crippen molar-refractivity contribution in [1.29, 1.82) is 0 Å². The van der Waals surface area contributed by atoms with E-state index in [0.29, 0.717) is 13.0 Å². The Kier molecular flexibility index (Phi) is 5.88. The number of nitrogens with zero attached hydrogens (tertiary/aromatic N) is 1. The number of carbonyl (C=O) groups excluding carboxylic acids is 2. The molecular formula is C21H28N2O5. The first-order valence-corrected chi connectivity index (χ1v) is 10.3. The van der Waals surface area contributed by atoms with E-state index in [0.717, 1.165) is 62.2 Å².